The highest BCUT2D eigenvalue weighted by Gasteiger charge is 2.31. The predicted molar refractivity (Wildman–Crippen MR) is 117 cm³/mol. The highest BCUT2D eigenvalue weighted by Crippen LogP contribution is 2.49. The number of nitrogens with one attached hydrogen (secondary N) is 1. The smallest absolute Gasteiger partial charge is 0.323 e. The van der Waals surface area contributed by atoms with Gasteiger partial charge in [-0.05, 0) is 23.1 Å². The van der Waals surface area contributed by atoms with Crippen molar-refractivity contribution >= 4 is 13.3 Å². The zero-order valence-corrected chi connectivity index (χ0v) is 17.4. The van der Waals surface area contributed by atoms with Gasteiger partial charge in [-0.2, -0.15) is 0 Å². The van der Waals surface area contributed by atoms with Gasteiger partial charge in [0.1, 0.15) is 6.04 Å². The summed E-state index contributed by atoms with van der Waals surface area (Å²) in [6.45, 7) is 0. The topological polar surface area (TPSA) is 55.4 Å². The van der Waals surface area contributed by atoms with Gasteiger partial charge >= 0.3 is 5.97 Å². The van der Waals surface area contributed by atoms with Crippen LogP contribution in [0.5, 0.6) is 0 Å². The first-order chi connectivity index (χ1) is 14.1. The van der Waals surface area contributed by atoms with E-state index in [1.807, 2.05) is 91.0 Å². The van der Waals surface area contributed by atoms with Crippen LogP contribution in [-0.2, 0) is 32.8 Å². The number of hydrogen-bond donors (Lipinski definition) is 1. The van der Waals surface area contributed by atoms with Crippen molar-refractivity contribution in [1.82, 2.24) is 5.09 Å². The third kappa shape index (κ3) is 6.42. The second-order valence-electron chi connectivity index (χ2n) is 7.07. The van der Waals surface area contributed by atoms with E-state index >= 15 is 0 Å². The van der Waals surface area contributed by atoms with E-state index in [0.29, 0.717) is 18.7 Å². The minimum absolute atomic E-state index is 0.366. The molecule has 0 aliphatic carbocycles. The number of benzene rings is 3. The molecule has 4 nitrogen and oxygen atoms in total. The Labute approximate surface area is 172 Å². The van der Waals surface area contributed by atoms with Crippen molar-refractivity contribution in [2.45, 2.75) is 24.8 Å². The van der Waals surface area contributed by atoms with E-state index in [4.69, 9.17) is 4.74 Å². The molecule has 0 amide bonds. The molecule has 3 aromatic carbocycles. The van der Waals surface area contributed by atoms with E-state index in [-0.39, 0.29) is 0 Å². The molecule has 0 heterocycles. The van der Waals surface area contributed by atoms with E-state index in [9.17, 15) is 9.36 Å². The highest BCUT2D eigenvalue weighted by molar-refractivity contribution is 7.60. The molecule has 1 atom stereocenters. The maximum Gasteiger partial charge on any atom is 0.323 e. The van der Waals surface area contributed by atoms with Gasteiger partial charge in [-0.3, -0.25) is 9.88 Å². The van der Waals surface area contributed by atoms with Crippen LogP contribution >= 0.6 is 7.29 Å². The minimum Gasteiger partial charge on any atom is -0.468 e. The molecule has 0 aliphatic heterocycles. The molecule has 0 aromatic heterocycles. The molecule has 29 heavy (non-hydrogen) atoms. The Balaban J connectivity index is 1.88. The van der Waals surface area contributed by atoms with Gasteiger partial charge in [-0.1, -0.05) is 91.0 Å². The predicted octanol–water partition coefficient (Wildman–Crippen LogP) is 5.04. The Bertz CT molecular complexity index is 900. The summed E-state index contributed by atoms with van der Waals surface area (Å²) in [7, 11) is -1.61. The molecule has 3 rings (SSSR count). The molecule has 0 saturated heterocycles. The lowest BCUT2D eigenvalue weighted by atomic mass is 10.1. The third-order valence-corrected chi connectivity index (χ3v) is 7.26. The summed E-state index contributed by atoms with van der Waals surface area (Å²) in [6, 6.07) is 28.5. The van der Waals surface area contributed by atoms with Crippen molar-refractivity contribution < 1.29 is 14.1 Å². The highest BCUT2D eigenvalue weighted by atomic mass is 31.2. The van der Waals surface area contributed by atoms with E-state index in [0.717, 1.165) is 16.7 Å². The van der Waals surface area contributed by atoms with Crippen LogP contribution in [0.15, 0.2) is 91.0 Å². The van der Waals surface area contributed by atoms with Crippen molar-refractivity contribution in [1.29, 1.82) is 0 Å². The Morgan fingerprint density at radius 3 is 1.62 bits per heavy atom. The fourth-order valence-electron chi connectivity index (χ4n) is 3.36. The zero-order valence-electron chi connectivity index (χ0n) is 16.5. The van der Waals surface area contributed by atoms with Gasteiger partial charge in [0.25, 0.3) is 0 Å². The fraction of sp³-hybridized carbons (Fsp3) is 0.208. The van der Waals surface area contributed by atoms with Gasteiger partial charge in [-0.25, -0.2) is 0 Å². The second-order valence-corrected chi connectivity index (χ2v) is 9.74. The van der Waals surface area contributed by atoms with E-state index in [1.54, 1.807) is 0 Å². The molecule has 1 N–H and O–H groups in total. The lowest BCUT2D eigenvalue weighted by molar-refractivity contribution is -0.142. The molecular formula is C24H26NO3P. The molecule has 0 bridgehead atoms. The molecule has 0 spiro atoms. The lowest BCUT2D eigenvalue weighted by Crippen LogP contribution is -2.38. The summed E-state index contributed by atoms with van der Waals surface area (Å²) in [5.41, 5.74) is 2.94. The minimum atomic E-state index is -2.97. The maximum atomic E-state index is 14.1. The Morgan fingerprint density at radius 1 is 0.793 bits per heavy atom. The average Bonchev–Trinajstić information content (AvgIpc) is 2.74. The largest absolute Gasteiger partial charge is 0.468 e. The summed E-state index contributed by atoms with van der Waals surface area (Å²) < 4.78 is 19.1. The van der Waals surface area contributed by atoms with Crippen LogP contribution in [0.3, 0.4) is 0 Å². The van der Waals surface area contributed by atoms with Crippen molar-refractivity contribution in [3.63, 3.8) is 0 Å². The maximum absolute atomic E-state index is 14.1. The summed E-state index contributed by atoms with van der Waals surface area (Å²) >= 11 is 0. The molecule has 150 valence electrons. The number of ether oxygens (including phenoxy) is 1. The van der Waals surface area contributed by atoms with E-state index < -0.39 is 19.3 Å². The van der Waals surface area contributed by atoms with Crippen LogP contribution in [0.1, 0.15) is 16.7 Å². The Morgan fingerprint density at radius 2 is 1.21 bits per heavy atom. The Hall–Kier alpha value is -2.68. The SMILES string of the molecule is COC(=O)[C@H](Cc1ccccc1)NP(=O)(Cc1ccccc1)Cc1ccccc1. The van der Waals surface area contributed by atoms with Crippen molar-refractivity contribution in [2.24, 2.45) is 0 Å². The van der Waals surface area contributed by atoms with Crippen LogP contribution in [0, 0.1) is 0 Å². The van der Waals surface area contributed by atoms with Gasteiger partial charge in [0.15, 0.2) is 7.29 Å². The number of carbonyl (C=O) groups excluding carboxylic acids is 1. The summed E-state index contributed by atoms with van der Waals surface area (Å²) in [5.74, 6) is -0.407. The third-order valence-electron chi connectivity index (χ3n) is 4.72. The van der Waals surface area contributed by atoms with Crippen molar-refractivity contribution in [3.05, 3.63) is 108 Å². The number of esters is 1. The van der Waals surface area contributed by atoms with Crippen LogP contribution in [0.2, 0.25) is 0 Å². The molecule has 0 aliphatic rings. The average molecular weight is 407 g/mol. The fourth-order valence-corrected chi connectivity index (χ4v) is 6.02. The standard InChI is InChI=1S/C24H26NO3P/c1-28-24(26)23(17-20-11-5-2-6-12-20)25-29(27,18-21-13-7-3-8-14-21)19-22-15-9-4-10-16-22/h2-16,23H,17-19H2,1H3,(H,25,27)/t23-/m0/s1. The van der Waals surface area contributed by atoms with E-state index in [2.05, 4.69) is 5.09 Å². The molecule has 0 fully saturated rings. The van der Waals surface area contributed by atoms with Crippen molar-refractivity contribution in [3.8, 4) is 0 Å². The molecule has 0 saturated carbocycles. The van der Waals surface area contributed by atoms with Gasteiger partial charge in [0.05, 0.1) is 7.11 Å². The number of carbonyl (C=O) groups is 1. The quantitative estimate of drug-likeness (QED) is 0.399. The van der Waals surface area contributed by atoms with E-state index in [1.165, 1.54) is 7.11 Å². The van der Waals surface area contributed by atoms with Gasteiger partial charge in [-0.15, -0.1) is 0 Å². The first-order valence-corrected chi connectivity index (χ1v) is 11.7. The van der Waals surface area contributed by atoms with Crippen LogP contribution in [0.25, 0.3) is 0 Å². The molecule has 5 heteroatoms. The monoisotopic (exact) mass is 407 g/mol. The van der Waals surface area contributed by atoms with Gasteiger partial charge < -0.3 is 9.30 Å². The summed E-state index contributed by atoms with van der Waals surface area (Å²) in [5, 5.41) is 3.21. The van der Waals surface area contributed by atoms with Gasteiger partial charge in [0.2, 0.25) is 0 Å². The van der Waals surface area contributed by atoms with Crippen LogP contribution in [0.4, 0.5) is 0 Å². The summed E-state index contributed by atoms with van der Waals surface area (Å²) in [4.78, 5) is 12.5. The molecule has 3 aromatic rings. The first-order valence-electron chi connectivity index (χ1n) is 9.63. The number of rotatable bonds is 9. The number of methoxy groups -OCH3 is 1. The zero-order chi connectivity index (χ0) is 20.5. The number of hydrogen-bond acceptors (Lipinski definition) is 3. The molecule has 0 unspecified atom stereocenters. The summed E-state index contributed by atoms with van der Waals surface area (Å²) in [6.07, 6.45) is 1.15. The second kappa shape index (κ2) is 10.2. The molecule has 0 radical (unpaired) electrons. The van der Waals surface area contributed by atoms with Crippen LogP contribution < -0.4 is 5.09 Å². The molecular weight excluding hydrogens is 381 g/mol. The van der Waals surface area contributed by atoms with Crippen molar-refractivity contribution in [2.75, 3.05) is 7.11 Å². The normalized spacial score (nSPS) is 12.3. The lowest BCUT2D eigenvalue weighted by Gasteiger charge is -2.25. The van der Waals surface area contributed by atoms with Gasteiger partial charge in [0, 0.05) is 12.3 Å². The first kappa shape index (κ1) is 21.0. The van der Waals surface area contributed by atoms with Crippen LogP contribution in [-0.4, -0.2) is 19.1 Å². The Kier molecular flexibility index (Phi) is 7.40.